The number of carbonyl (C=O) groups excluding carboxylic acids is 1. The van der Waals surface area contributed by atoms with Crippen LogP contribution >= 0.6 is 0 Å². The van der Waals surface area contributed by atoms with E-state index in [2.05, 4.69) is 48.0 Å². The van der Waals surface area contributed by atoms with Gasteiger partial charge in [0, 0.05) is 30.3 Å². The summed E-state index contributed by atoms with van der Waals surface area (Å²) >= 11 is 0. The highest BCUT2D eigenvalue weighted by molar-refractivity contribution is 5.96. The van der Waals surface area contributed by atoms with Crippen LogP contribution in [0, 0.1) is 13.8 Å². The van der Waals surface area contributed by atoms with E-state index in [1.165, 1.54) is 5.56 Å². The third-order valence-electron chi connectivity index (χ3n) is 5.81. The average Bonchev–Trinajstić information content (AvgIpc) is 2.96. The second-order valence-corrected chi connectivity index (χ2v) is 8.28. The van der Waals surface area contributed by atoms with Crippen LogP contribution < -0.4 is 5.32 Å². The Hall–Kier alpha value is -2.60. The van der Waals surface area contributed by atoms with Crippen molar-refractivity contribution in [2.45, 2.75) is 58.4 Å². The van der Waals surface area contributed by atoms with Gasteiger partial charge in [-0.25, -0.2) is 0 Å². The Bertz CT molecular complexity index is 890. The molecule has 0 radical (unpaired) electrons. The van der Waals surface area contributed by atoms with Crippen molar-refractivity contribution in [3.8, 4) is 5.69 Å². The SMILES string of the molecule is Cc1cc(C(=O)NC2(CC(=O)O)CCOCC2)c(C)n1-c1ccc(C(C)C)cc1. The Morgan fingerprint density at radius 3 is 2.34 bits per heavy atom. The number of amides is 1. The molecule has 2 heterocycles. The molecule has 0 aliphatic carbocycles. The predicted molar refractivity (Wildman–Crippen MR) is 112 cm³/mol. The van der Waals surface area contributed by atoms with E-state index in [4.69, 9.17) is 4.74 Å². The molecule has 156 valence electrons. The van der Waals surface area contributed by atoms with Crippen molar-refractivity contribution in [1.82, 2.24) is 9.88 Å². The van der Waals surface area contributed by atoms with Crippen molar-refractivity contribution in [2.24, 2.45) is 0 Å². The van der Waals surface area contributed by atoms with Crippen molar-refractivity contribution in [3.63, 3.8) is 0 Å². The maximum Gasteiger partial charge on any atom is 0.305 e. The number of aliphatic carboxylic acids is 1. The monoisotopic (exact) mass is 398 g/mol. The van der Waals surface area contributed by atoms with Gasteiger partial charge in [0.15, 0.2) is 0 Å². The highest BCUT2D eigenvalue weighted by atomic mass is 16.5. The molecule has 1 aromatic heterocycles. The first-order valence-corrected chi connectivity index (χ1v) is 10.1. The molecule has 0 saturated carbocycles. The zero-order chi connectivity index (χ0) is 21.2. The van der Waals surface area contributed by atoms with Gasteiger partial charge in [0.1, 0.15) is 0 Å². The lowest BCUT2D eigenvalue weighted by atomic mass is 9.86. The minimum atomic E-state index is -0.914. The maximum absolute atomic E-state index is 13.1. The number of carbonyl (C=O) groups is 2. The molecule has 0 spiro atoms. The van der Waals surface area contributed by atoms with Crippen molar-refractivity contribution in [2.75, 3.05) is 13.2 Å². The highest BCUT2D eigenvalue weighted by Gasteiger charge is 2.37. The van der Waals surface area contributed by atoms with Gasteiger partial charge < -0.3 is 19.7 Å². The number of hydrogen-bond donors (Lipinski definition) is 2. The van der Waals surface area contributed by atoms with Gasteiger partial charge in [-0.2, -0.15) is 0 Å². The third kappa shape index (κ3) is 4.53. The summed E-state index contributed by atoms with van der Waals surface area (Å²) in [6, 6.07) is 10.2. The van der Waals surface area contributed by atoms with Crippen LogP contribution in [-0.4, -0.2) is 40.3 Å². The Morgan fingerprint density at radius 2 is 1.79 bits per heavy atom. The lowest BCUT2D eigenvalue weighted by Gasteiger charge is -2.36. The second-order valence-electron chi connectivity index (χ2n) is 8.28. The summed E-state index contributed by atoms with van der Waals surface area (Å²) in [4.78, 5) is 24.5. The van der Waals surface area contributed by atoms with Gasteiger partial charge in [-0.1, -0.05) is 26.0 Å². The standard InChI is InChI=1S/C23H30N2O4/c1-15(2)18-5-7-19(8-6-18)25-16(3)13-20(17(25)4)22(28)24-23(14-21(26)27)9-11-29-12-10-23/h5-8,13,15H,9-12,14H2,1-4H3,(H,24,28)(H,26,27). The molecule has 1 aromatic carbocycles. The molecule has 3 rings (SSSR count). The summed E-state index contributed by atoms with van der Waals surface area (Å²) in [5, 5.41) is 12.4. The number of rotatable bonds is 6. The number of nitrogens with one attached hydrogen (secondary N) is 1. The summed E-state index contributed by atoms with van der Waals surface area (Å²) < 4.78 is 7.44. The summed E-state index contributed by atoms with van der Waals surface area (Å²) in [6.45, 7) is 9.12. The Balaban J connectivity index is 1.88. The van der Waals surface area contributed by atoms with Gasteiger partial charge in [0.25, 0.3) is 5.91 Å². The largest absolute Gasteiger partial charge is 0.481 e. The number of ether oxygens (including phenoxy) is 1. The van der Waals surface area contributed by atoms with Crippen LogP contribution in [0.1, 0.15) is 66.3 Å². The minimum absolute atomic E-state index is 0.0997. The first-order valence-electron chi connectivity index (χ1n) is 10.1. The molecule has 29 heavy (non-hydrogen) atoms. The molecule has 0 bridgehead atoms. The number of benzene rings is 1. The first kappa shape index (κ1) is 21.1. The molecule has 2 aromatic rings. The fraction of sp³-hybridized carbons (Fsp3) is 0.478. The van der Waals surface area contributed by atoms with E-state index in [0.29, 0.717) is 37.5 Å². The Labute approximate surface area is 171 Å². The fourth-order valence-electron chi connectivity index (χ4n) is 4.10. The van der Waals surface area contributed by atoms with E-state index in [-0.39, 0.29) is 12.3 Å². The molecule has 0 atom stereocenters. The van der Waals surface area contributed by atoms with Gasteiger partial charge in [0.05, 0.1) is 17.5 Å². The predicted octanol–water partition coefficient (Wildman–Crippen LogP) is 3.97. The quantitative estimate of drug-likeness (QED) is 0.771. The topological polar surface area (TPSA) is 80.6 Å². The molecule has 2 N–H and O–H groups in total. The van der Waals surface area contributed by atoms with Crippen LogP contribution in [0.2, 0.25) is 0 Å². The maximum atomic E-state index is 13.1. The second kappa shape index (κ2) is 8.41. The summed E-state index contributed by atoms with van der Waals surface area (Å²) in [5.74, 6) is -0.684. The zero-order valence-corrected chi connectivity index (χ0v) is 17.6. The van der Waals surface area contributed by atoms with Crippen LogP contribution in [0.4, 0.5) is 0 Å². The molecular formula is C23H30N2O4. The number of aromatic nitrogens is 1. The van der Waals surface area contributed by atoms with Crippen molar-refractivity contribution >= 4 is 11.9 Å². The van der Waals surface area contributed by atoms with Crippen LogP contribution in [-0.2, 0) is 9.53 Å². The van der Waals surface area contributed by atoms with Gasteiger partial charge in [-0.05, 0) is 56.4 Å². The van der Waals surface area contributed by atoms with Crippen LogP contribution in [0.5, 0.6) is 0 Å². The van der Waals surface area contributed by atoms with E-state index < -0.39 is 11.5 Å². The van der Waals surface area contributed by atoms with Crippen LogP contribution in [0.15, 0.2) is 30.3 Å². The minimum Gasteiger partial charge on any atom is -0.481 e. The fourth-order valence-corrected chi connectivity index (χ4v) is 4.10. The number of carboxylic acid groups (broad SMARTS) is 1. The first-order chi connectivity index (χ1) is 13.7. The summed E-state index contributed by atoms with van der Waals surface area (Å²) in [5.41, 5.74) is 3.90. The average molecular weight is 399 g/mol. The summed E-state index contributed by atoms with van der Waals surface area (Å²) in [6.07, 6.45) is 0.901. The lowest BCUT2D eigenvalue weighted by Crippen LogP contribution is -2.53. The molecule has 1 saturated heterocycles. The molecule has 6 nitrogen and oxygen atoms in total. The van der Waals surface area contributed by atoms with Crippen LogP contribution in [0.3, 0.4) is 0 Å². The van der Waals surface area contributed by atoms with E-state index >= 15 is 0 Å². The molecule has 1 aliphatic heterocycles. The molecular weight excluding hydrogens is 368 g/mol. The van der Waals surface area contributed by atoms with E-state index in [1.807, 2.05) is 19.9 Å². The molecule has 1 fully saturated rings. The van der Waals surface area contributed by atoms with Gasteiger partial charge in [-0.3, -0.25) is 9.59 Å². The Kier molecular flexibility index (Phi) is 6.13. The van der Waals surface area contributed by atoms with Crippen molar-refractivity contribution < 1.29 is 19.4 Å². The molecule has 0 unspecified atom stereocenters. The smallest absolute Gasteiger partial charge is 0.305 e. The molecule has 1 aliphatic rings. The van der Waals surface area contributed by atoms with Gasteiger partial charge >= 0.3 is 5.97 Å². The number of nitrogens with zero attached hydrogens (tertiary/aromatic N) is 1. The summed E-state index contributed by atoms with van der Waals surface area (Å²) in [7, 11) is 0. The van der Waals surface area contributed by atoms with Gasteiger partial charge in [-0.15, -0.1) is 0 Å². The molecule has 6 heteroatoms. The highest BCUT2D eigenvalue weighted by Crippen LogP contribution is 2.27. The lowest BCUT2D eigenvalue weighted by molar-refractivity contribution is -0.139. The van der Waals surface area contributed by atoms with Gasteiger partial charge in [0.2, 0.25) is 0 Å². The number of aryl methyl sites for hydroxylation is 1. The van der Waals surface area contributed by atoms with Crippen molar-refractivity contribution in [1.29, 1.82) is 0 Å². The van der Waals surface area contributed by atoms with Crippen molar-refractivity contribution in [3.05, 3.63) is 52.8 Å². The third-order valence-corrected chi connectivity index (χ3v) is 5.81. The van der Waals surface area contributed by atoms with E-state index in [9.17, 15) is 14.7 Å². The van der Waals surface area contributed by atoms with Crippen LogP contribution in [0.25, 0.3) is 5.69 Å². The van der Waals surface area contributed by atoms with E-state index in [0.717, 1.165) is 17.1 Å². The van der Waals surface area contributed by atoms with E-state index in [1.54, 1.807) is 0 Å². The zero-order valence-electron chi connectivity index (χ0n) is 17.6. The number of hydrogen-bond acceptors (Lipinski definition) is 3. The number of carboxylic acids is 1. The molecule has 1 amide bonds. The normalized spacial score (nSPS) is 16.0. The Morgan fingerprint density at radius 1 is 1.17 bits per heavy atom.